The largest absolute Gasteiger partial charge is 0.489 e. The molecule has 0 unspecified atom stereocenters. The summed E-state index contributed by atoms with van der Waals surface area (Å²) in [6.45, 7) is 6.04. The van der Waals surface area contributed by atoms with E-state index in [1.807, 2.05) is 25.1 Å². The van der Waals surface area contributed by atoms with Gasteiger partial charge in [0.05, 0.1) is 0 Å². The summed E-state index contributed by atoms with van der Waals surface area (Å²) < 4.78 is 6.49. The second kappa shape index (κ2) is 5.17. The van der Waals surface area contributed by atoms with E-state index in [9.17, 15) is 0 Å². The van der Waals surface area contributed by atoms with Crippen molar-refractivity contribution >= 4 is 15.9 Å². The highest BCUT2D eigenvalue weighted by molar-refractivity contribution is 9.10. The maximum atomic E-state index is 5.83. The molecule has 3 heteroatoms. The number of hydrogen-bond acceptors (Lipinski definition) is 2. The number of hydrogen-bond donors (Lipinski definition) is 1. The summed E-state index contributed by atoms with van der Waals surface area (Å²) in [7, 11) is 0. The first-order valence-electron chi connectivity index (χ1n) is 4.44. The van der Waals surface area contributed by atoms with Gasteiger partial charge in [-0.1, -0.05) is 28.6 Å². The Labute approximate surface area is 92.9 Å². The Balaban J connectivity index is 2.95. The lowest BCUT2D eigenvalue weighted by molar-refractivity contribution is 0.357. The van der Waals surface area contributed by atoms with Gasteiger partial charge in [0.2, 0.25) is 0 Å². The van der Waals surface area contributed by atoms with Gasteiger partial charge in [0.1, 0.15) is 12.4 Å². The highest BCUT2D eigenvalue weighted by Gasteiger charge is 2.07. The van der Waals surface area contributed by atoms with Gasteiger partial charge in [0.25, 0.3) is 0 Å². The van der Waals surface area contributed by atoms with Crippen LogP contribution in [0.5, 0.6) is 5.75 Å². The van der Waals surface area contributed by atoms with E-state index < -0.39 is 0 Å². The molecule has 0 aliphatic rings. The summed E-state index contributed by atoms with van der Waals surface area (Å²) in [6.07, 6.45) is 1.72. The molecule has 0 aliphatic heterocycles. The minimum absolute atomic E-state index is 0.0349. The molecule has 0 radical (unpaired) electrons. The van der Waals surface area contributed by atoms with Crippen LogP contribution in [-0.4, -0.2) is 6.61 Å². The Morgan fingerprint density at radius 2 is 2.36 bits per heavy atom. The van der Waals surface area contributed by atoms with Crippen molar-refractivity contribution in [1.29, 1.82) is 0 Å². The second-order valence-electron chi connectivity index (χ2n) is 3.07. The molecular weight excluding hydrogens is 242 g/mol. The number of halogens is 1. The third-order valence-corrected chi connectivity index (χ3v) is 2.31. The fourth-order valence-corrected chi connectivity index (χ4v) is 1.53. The lowest BCUT2D eigenvalue weighted by Gasteiger charge is -2.13. The van der Waals surface area contributed by atoms with E-state index in [-0.39, 0.29) is 6.04 Å². The van der Waals surface area contributed by atoms with Crippen LogP contribution in [0.4, 0.5) is 0 Å². The van der Waals surface area contributed by atoms with Gasteiger partial charge < -0.3 is 10.5 Å². The minimum atomic E-state index is -0.0349. The van der Waals surface area contributed by atoms with E-state index >= 15 is 0 Å². The zero-order valence-electron chi connectivity index (χ0n) is 8.16. The van der Waals surface area contributed by atoms with Gasteiger partial charge in [-0.05, 0) is 25.1 Å². The second-order valence-corrected chi connectivity index (χ2v) is 3.99. The standard InChI is InChI=1S/C11H14BrNO/c1-3-6-14-11-5-4-9(12)7-10(11)8(2)13/h3-5,7-8H,1,6,13H2,2H3/t8-/m0/s1. The van der Waals surface area contributed by atoms with Crippen LogP contribution in [0.25, 0.3) is 0 Å². The maximum absolute atomic E-state index is 5.83. The Bertz CT molecular complexity index is 323. The molecule has 0 aliphatic carbocycles. The van der Waals surface area contributed by atoms with E-state index in [1.54, 1.807) is 6.08 Å². The maximum Gasteiger partial charge on any atom is 0.124 e. The lowest BCUT2D eigenvalue weighted by atomic mass is 10.1. The van der Waals surface area contributed by atoms with Crippen LogP contribution in [0.1, 0.15) is 18.5 Å². The first-order chi connectivity index (χ1) is 6.65. The van der Waals surface area contributed by atoms with Crippen LogP contribution >= 0.6 is 15.9 Å². The average Bonchev–Trinajstić information content (AvgIpc) is 2.15. The minimum Gasteiger partial charge on any atom is -0.489 e. The molecular formula is C11H14BrNO. The van der Waals surface area contributed by atoms with Gasteiger partial charge in [0.15, 0.2) is 0 Å². The van der Waals surface area contributed by atoms with Crippen molar-refractivity contribution in [3.63, 3.8) is 0 Å². The molecule has 2 N–H and O–H groups in total. The SMILES string of the molecule is C=CCOc1ccc(Br)cc1[C@H](C)N. The van der Waals surface area contributed by atoms with E-state index in [0.29, 0.717) is 6.61 Å². The normalized spacial score (nSPS) is 12.2. The Morgan fingerprint density at radius 3 is 2.93 bits per heavy atom. The van der Waals surface area contributed by atoms with E-state index in [0.717, 1.165) is 15.8 Å². The van der Waals surface area contributed by atoms with Crippen LogP contribution in [0.3, 0.4) is 0 Å². The Hall–Kier alpha value is -0.800. The van der Waals surface area contributed by atoms with Crippen LogP contribution in [0.2, 0.25) is 0 Å². The molecule has 1 aromatic rings. The summed E-state index contributed by atoms with van der Waals surface area (Å²) in [5.74, 6) is 0.822. The Kier molecular flexibility index (Phi) is 4.17. The fourth-order valence-electron chi connectivity index (χ4n) is 1.16. The fraction of sp³-hybridized carbons (Fsp3) is 0.273. The molecule has 0 fully saturated rings. The summed E-state index contributed by atoms with van der Waals surface area (Å²) in [5, 5.41) is 0. The van der Waals surface area contributed by atoms with Gasteiger partial charge in [-0.3, -0.25) is 0 Å². The van der Waals surface area contributed by atoms with Crippen molar-refractivity contribution in [2.24, 2.45) is 5.73 Å². The van der Waals surface area contributed by atoms with Gasteiger partial charge in [0, 0.05) is 16.1 Å². The van der Waals surface area contributed by atoms with Gasteiger partial charge >= 0.3 is 0 Å². The molecule has 2 nitrogen and oxygen atoms in total. The predicted octanol–water partition coefficient (Wildman–Crippen LogP) is 3.03. The topological polar surface area (TPSA) is 35.2 Å². The van der Waals surface area contributed by atoms with E-state index in [2.05, 4.69) is 22.5 Å². The Morgan fingerprint density at radius 1 is 1.64 bits per heavy atom. The smallest absolute Gasteiger partial charge is 0.124 e. The molecule has 0 heterocycles. The number of benzene rings is 1. The van der Waals surface area contributed by atoms with Crippen LogP contribution in [-0.2, 0) is 0 Å². The van der Waals surface area contributed by atoms with Gasteiger partial charge in [-0.2, -0.15) is 0 Å². The molecule has 0 spiro atoms. The molecule has 0 saturated carbocycles. The molecule has 76 valence electrons. The molecule has 1 atom stereocenters. The lowest BCUT2D eigenvalue weighted by Crippen LogP contribution is -2.08. The van der Waals surface area contributed by atoms with E-state index in [1.165, 1.54) is 0 Å². The summed E-state index contributed by atoms with van der Waals surface area (Å²) in [6, 6.07) is 5.78. The van der Waals surface area contributed by atoms with Crippen molar-refractivity contribution < 1.29 is 4.74 Å². The molecule has 0 bridgehead atoms. The molecule has 1 aromatic carbocycles. The molecule has 1 rings (SSSR count). The third kappa shape index (κ3) is 2.86. The summed E-state index contributed by atoms with van der Waals surface area (Å²) in [4.78, 5) is 0. The molecule has 0 amide bonds. The monoisotopic (exact) mass is 255 g/mol. The van der Waals surface area contributed by atoms with Crippen molar-refractivity contribution in [1.82, 2.24) is 0 Å². The van der Waals surface area contributed by atoms with Gasteiger partial charge in [-0.15, -0.1) is 0 Å². The van der Waals surface area contributed by atoms with Gasteiger partial charge in [-0.25, -0.2) is 0 Å². The number of ether oxygens (including phenoxy) is 1. The van der Waals surface area contributed by atoms with Crippen LogP contribution < -0.4 is 10.5 Å². The van der Waals surface area contributed by atoms with E-state index in [4.69, 9.17) is 10.5 Å². The first kappa shape index (κ1) is 11.3. The van der Waals surface area contributed by atoms with Crippen molar-refractivity contribution in [3.8, 4) is 5.75 Å². The highest BCUT2D eigenvalue weighted by Crippen LogP contribution is 2.27. The predicted molar refractivity (Wildman–Crippen MR) is 62.4 cm³/mol. The van der Waals surface area contributed by atoms with Crippen molar-refractivity contribution in [2.75, 3.05) is 6.61 Å². The van der Waals surface area contributed by atoms with Crippen molar-refractivity contribution in [3.05, 3.63) is 40.9 Å². The molecule has 0 aromatic heterocycles. The van der Waals surface area contributed by atoms with Crippen LogP contribution in [0, 0.1) is 0 Å². The first-order valence-corrected chi connectivity index (χ1v) is 5.23. The quantitative estimate of drug-likeness (QED) is 0.840. The summed E-state index contributed by atoms with van der Waals surface area (Å²) >= 11 is 3.40. The summed E-state index contributed by atoms with van der Waals surface area (Å²) in [5.41, 5.74) is 6.83. The average molecular weight is 256 g/mol. The zero-order valence-corrected chi connectivity index (χ0v) is 9.75. The third-order valence-electron chi connectivity index (χ3n) is 1.82. The number of rotatable bonds is 4. The molecule has 14 heavy (non-hydrogen) atoms. The van der Waals surface area contributed by atoms with Crippen molar-refractivity contribution in [2.45, 2.75) is 13.0 Å². The molecule has 0 saturated heterocycles. The zero-order chi connectivity index (χ0) is 10.6. The number of nitrogens with two attached hydrogens (primary N) is 1. The highest BCUT2D eigenvalue weighted by atomic mass is 79.9. The van der Waals surface area contributed by atoms with Crippen LogP contribution in [0.15, 0.2) is 35.3 Å².